The number of amides is 1. The van der Waals surface area contributed by atoms with Crippen LogP contribution in [0.4, 0.5) is 0 Å². The molecule has 0 aliphatic carbocycles. The van der Waals surface area contributed by atoms with Crippen LogP contribution in [0.1, 0.15) is 412 Å². The molecule has 0 fully saturated rings. The Morgan fingerprint density at radius 2 is 0.588 bits per heavy atom. The van der Waals surface area contributed by atoms with E-state index < -0.39 is 12.1 Å². The van der Waals surface area contributed by atoms with Crippen molar-refractivity contribution in [1.29, 1.82) is 0 Å². The molecule has 0 aliphatic rings. The molecule has 0 saturated carbocycles. The molecule has 474 valence electrons. The summed E-state index contributed by atoms with van der Waals surface area (Å²) in [5.74, 6) is -0.0557. The summed E-state index contributed by atoms with van der Waals surface area (Å²) < 4.78 is 5.49. The van der Waals surface area contributed by atoms with Gasteiger partial charge in [-0.15, -0.1) is 0 Å². The summed E-state index contributed by atoms with van der Waals surface area (Å²) in [4.78, 5) is 24.6. The van der Waals surface area contributed by atoms with E-state index in [1.54, 1.807) is 6.08 Å². The van der Waals surface area contributed by atoms with E-state index in [1.165, 1.54) is 340 Å². The van der Waals surface area contributed by atoms with Crippen LogP contribution < -0.4 is 5.32 Å². The number of unbranched alkanes of at least 4 members (excludes halogenated alkanes) is 56. The number of hydrogen-bond acceptors (Lipinski definition) is 5. The highest BCUT2D eigenvalue weighted by Crippen LogP contribution is 2.19. The lowest BCUT2D eigenvalue weighted by Gasteiger charge is -2.20. The molecule has 0 aliphatic heterocycles. The second-order valence-electron chi connectivity index (χ2n) is 25.3. The van der Waals surface area contributed by atoms with Crippen molar-refractivity contribution in [3.8, 4) is 0 Å². The minimum absolute atomic E-state index is 0.00697. The molecule has 0 heterocycles. The number of allylic oxidation sites excluding steroid dienone is 3. The Morgan fingerprint density at radius 1 is 0.338 bits per heavy atom. The van der Waals surface area contributed by atoms with Gasteiger partial charge in [0, 0.05) is 12.8 Å². The largest absolute Gasteiger partial charge is 0.466 e. The van der Waals surface area contributed by atoms with Gasteiger partial charge in [0.25, 0.3) is 0 Å². The molecule has 0 spiro atoms. The van der Waals surface area contributed by atoms with Gasteiger partial charge < -0.3 is 20.3 Å². The molecule has 0 aromatic rings. The van der Waals surface area contributed by atoms with Gasteiger partial charge in [-0.2, -0.15) is 0 Å². The van der Waals surface area contributed by atoms with Crippen molar-refractivity contribution in [1.82, 2.24) is 5.32 Å². The zero-order chi connectivity index (χ0) is 57.8. The Balaban J connectivity index is 3.40. The predicted octanol–water partition coefficient (Wildman–Crippen LogP) is 23.7. The molecule has 6 heteroatoms. The first-order valence-electron chi connectivity index (χ1n) is 36.6. The molecule has 0 bridgehead atoms. The monoisotopic (exact) mass is 1130 g/mol. The average molecular weight is 1130 g/mol. The highest BCUT2D eigenvalue weighted by atomic mass is 16.5. The Labute approximate surface area is 501 Å². The van der Waals surface area contributed by atoms with E-state index in [1.807, 2.05) is 6.08 Å². The highest BCUT2D eigenvalue weighted by molar-refractivity contribution is 5.76. The van der Waals surface area contributed by atoms with Crippen LogP contribution in [-0.2, 0) is 14.3 Å². The van der Waals surface area contributed by atoms with E-state index >= 15 is 0 Å². The molecule has 80 heavy (non-hydrogen) atoms. The standard InChI is InChI=1S/C74H143NO5/c1-3-5-7-9-11-13-15-17-19-20-21-22-23-24-26-29-32-35-39-42-46-50-54-58-62-66-72(77)71(70-76)75-73(78)67-63-59-55-51-47-43-40-36-33-30-27-25-28-31-34-37-41-45-49-53-57-61-65-69-80-74(79)68-64-60-56-52-48-44-38-18-16-14-12-10-8-6-4-2/h18,38,62,66,71-72,76-77H,3-17,19-37,39-61,63-65,67-70H2,1-2H3,(H,75,78)/b38-18-,66-62+. The molecule has 0 aromatic carbocycles. The summed E-state index contributed by atoms with van der Waals surface area (Å²) in [6, 6.07) is -0.629. The number of hydrogen-bond donors (Lipinski definition) is 3. The van der Waals surface area contributed by atoms with Gasteiger partial charge in [-0.3, -0.25) is 9.59 Å². The molecule has 0 aromatic heterocycles. The van der Waals surface area contributed by atoms with Crippen LogP contribution in [0.5, 0.6) is 0 Å². The van der Waals surface area contributed by atoms with Crippen molar-refractivity contribution >= 4 is 11.9 Å². The van der Waals surface area contributed by atoms with Crippen LogP contribution >= 0.6 is 0 Å². The third kappa shape index (κ3) is 65.5. The number of aliphatic hydroxyl groups is 2. The van der Waals surface area contributed by atoms with Crippen LogP contribution in [0.25, 0.3) is 0 Å². The lowest BCUT2D eigenvalue weighted by atomic mass is 10.0. The quantitative estimate of drug-likeness (QED) is 0.0320. The van der Waals surface area contributed by atoms with Crippen molar-refractivity contribution in [2.75, 3.05) is 13.2 Å². The molecule has 0 radical (unpaired) electrons. The van der Waals surface area contributed by atoms with E-state index in [4.69, 9.17) is 4.74 Å². The number of carbonyl (C=O) groups is 2. The van der Waals surface area contributed by atoms with Crippen LogP contribution in [0.2, 0.25) is 0 Å². The SMILES string of the molecule is CCCCCCCC/C=C\CCCCCCCC(=O)OCCCCCCCCCCCCCCCCCCCCCCCCCC(=O)NC(CO)C(O)/C=C/CCCCCCCCCCCCCCCCCCCCCCCCC. The molecule has 0 saturated heterocycles. The van der Waals surface area contributed by atoms with Crippen LogP contribution in [0.3, 0.4) is 0 Å². The second kappa shape index (κ2) is 69.8. The number of carbonyl (C=O) groups excluding carboxylic acids is 2. The number of aliphatic hydroxyl groups excluding tert-OH is 2. The zero-order valence-electron chi connectivity index (χ0n) is 54.3. The zero-order valence-corrected chi connectivity index (χ0v) is 54.3. The van der Waals surface area contributed by atoms with E-state index in [-0.39, 0.29) is 18.5 Å². The number of nitrogens with one attached hydrogen (secondary N) is 1. The van der Waals surface area contributed by atoms with Crippen LogP contribution in [0.15, 0.2) is 24.3 Å². The van der Waals surface area contributed by atoms with Crippen molar-refractivity contribution in [2.24, 2.45) is 0 Å². The average Bonchev–Trinajstić information content (AvgIpc) is 3.46. The maximum absolute atomic E-state index is 12.5. The third-order valence-electron chi connectivity index (χ3n) is 17.2. The maximum atomic E-state index is 12.5. The molecule has 1 amide bonds. The maximum Gasteiger partial charge on any atom is 0.305 e. The highest BCUT2D eigenvalue weighted by Gasteiger charge is 2.18. The van der Waals surface area contributed by atoms with Gasteiger partial charge in [-0.1, -0.05) is 366 Å². The summed E-state index contributed by atoms with van der Waals surface area (Å²) in [5.41, 5.74) is 0. The first-order valence-corrected chi connectivity index (χ1v) is 36.6. The van der Waals surface area contributed by atoms with Gasteiger partial charge in [0.05, 0.1) is 25.4 Å². The van der Waals surface area contributed by atoms with Crippen LogP contribution in [-0.4, -0.2) is 47.4 Å². The summed E-state index contributed by atoms with van der Waals surface area (Å²) in [5, 5.41) is 23.3. The van der Waals surface area contributed by atoms with E-state index in [0.29, 0.717) is 19.4 Å². The topological polar surface area (TPSA) is 95.9 Å². The fraction of sp³-hybridized carbons (Fsp3) is 0.919. The lowest BCUT2D eigenvalue weighted by molar-refractivity contribution is -0.143. The van der Waals surface area contributed by atoms with Crippen LogP contribution in [0, 0.1) is 0 Å². The number of esters is 1. The molecule has 2 unspecified atom stereocenters. The van der Waals surface area contributed by atoms with Gasteiger partial charge in [0.2, 0.25) is 5.91 Å². The molecule has 0 rings (SSSR count). The van der Waals surface area contributed by atoms with Gasteiger partial charge in [0.15, 0.2) is 0 Å². The molecule has 6 nitrogen and oxygen atoms in total. The number of rotatable bonds is 69. The Hall–Kier alpha value is -1.66. The molecular formula is C74H143NO5. The van der Waals surface area contributed by atoms with E-state index in [2.05, 4.69) is 31.3 Å². The Morgan fingerprint density at radius 3 is 0.887 bits per heavy atom. The van der Waals surface area contributed by atoms with Crippen molar-refractivity contribution in [3.05, 3.63) is 24.3 Å². The molecule has 2 atom stereocenters. The summed E-state index contributed by atoms with van der Waals surface area (Å²) in [6.45, 7) is 4.94. The summed E-state index contributed by atoms with van der Waals surface area (Å²) in [7, 11) is 0. The van der Waals surface area contributed by atoms with E-state index in [9.17, 15) is 19.8 Å². The third-order valence-corrected chi connectivity index (χ3v) is 17.2. The van der Waals surface area contributed by atoms with Gasteiger partial charge in [0.1, 0.15) is 0 Å². The van der Waals surface area contributed by atoms with Crippen molar-refractivity contribution in [2.45, 2.75) is 424 Å². The summed E-state index contributed by atoms with van der Waals surface area (Å²) in [6.07, 6.45) is 88.3. The number of ether oxygens (including phenoxy) is 1. The fourth-order valence-electron chi connectivity index (χ4n) is 11.6. The predicted molar refractivity (Wildman–Crippen MR) is 352 cm³/mol. The first kappa shape index (κ1) is 78.3. The normalized spacial score (nSPS) is 12.6. The molecular weight excluding hydrogens is 983 g/mol. The second-order valence-corrected chi connectivity index (χ2v) is 25.3. The van der Waals surface area contributed by atoms with E-state index in [0.717, 1.165) is 44.9 Å². The van der Waals surface area contributed by atoms with Crippen molar-refractivity contribution in [3.63, 3.8) is 0 Å². The Kier molecular flexibility index (Phi) is 68.4. The van der Waals surface area contributed by atoms with Gasteiger partial charge in [-0.25, -0.2) is 0 Å². The van der Waals surface area contributed by atoms with Gasteiger partial charge >= 0.3 is 5.97 Å². The molecule has 3 N–H and O–H groups in total. The Bertz CT molecular complexity index is 1250. The smallest absolute Gasteiger partial charge is 0.305 e. The fourth-order valence-corrected chi connectivity index (χ4v) is 11.6. The summed E-state index contributed by atoms with van der Waals surface area (Å²) >= 11 is 0. The van der Waals surface area contributed by atoms with Gasteiger partial charge in [-0.05, 0) is 57.8 Å². The minimum atomic E-state index is -0.846. The first-order chi connectivity index (χ1) is 39.5. The lowest BCUT2D eigenvalue weighted by Crippen LogP contribution is -2.45. The minimum Gasteiger partial charge on any atom is -0.466 e. The van der Waals surface area contributed by atoms with Crippen molar-refractivity contribution < 1.29 is 24.5 Å².